The minimum absolute atomic E-state index is 0.0793. The second-order valence-electron chi connectivity index (χ2n) is 6.72. The van der Waals surface area contributed by atoms with Crippen molar-refractivity contribution in [3.05, 3.63) is 36.1 Å². The van der Waals surface area contributed by atoms with Crippen LogP contribution >= 0.6 is 0 Å². The number of likely N-dealkylation sites (tertiary alicyclic amines) is 1. The summed E-state index contributed by atoms with van der Waals surface area (Å²) in [5.41, 5.74) is 0. The summed E-state index contributed by atoms with van der Waals surface area (Å²) in [6.07, 6.45) is 1.85. The van der Waals surface area contributed by atoms with Gasteiger partial charge in [0.2, 0.25) is 5.91 Å². The van der Waals surface area contributed by atoms with Crippen LogP contribution in [0.5, 0.6) is 11.5 Å². The molecule has 2 heterocycles. The Balaban J connectivity index is 1.50. The van der Waals surface area contributed by atoms with E-state index in [9.17, 15) is 4.79 Å². The molecule has 1 fully saturated rings. The molecule has 1 N–H and O–H groups in total. The van der Waals surface area contributed by atoms with Crippen LogP contribution in [0.25, 0.3) is 0 Å². The minimum atomic E-state index is -0.237. The molecular formula is C20H27N3O4. The van der Waals surface area contributed by atoms with E-state index in [0.29, 0.717) is 18.2 Å². The summed E-state index contributed by atoms with van der Waals surface area (Å²) in [5.74, 6) is 2.60. The second kappa shape index (κ2) is 8.90. The number of hydrogen-bond donors (Lipinski definition) is 1. The van der Waals surface area contributed by atoms with E-state index in [1.165, 1.54) is 0 Å². The Morgan fingerprint density at radius 1 is 1.33 bits per heavy atom. The number of aromatic nitrogens is 1. The van der Waals surface area contributed by atoms with E-state index in [2.05, 4.69) is 15.4 Å². The van der Waals surface area contributed by atoms with Gasteiger partial charge in [0, 0.05) is 19.2 Å². The van der Waals surface area contributed by atoms with Crippen LogP contribution in [0.3, 0.4) is 0 Å². The summed E-state index contributed by atoms with van der Waals surface area (Å²) < 4.78 is 16.8. The number of rotatable bonds is 7. The summed E-state index contributed by atoms with van der Waals surface area (Å²) in [5, 5.41) is 6.61. The smallest absolute Gasteiger partial charge is 0.242 e. The molecule has 1 atom stereocenters. The fourth-order valence-corrected chi connectivity index (χ4v) is 3.20. The van der Waals surface area contributed by atoms with Crippen molar-refractivity contribution in [2.45, 2.75) is 45.8 Å². The maximum atomic E-state index is 12.4. The molecule has 1 aliphatic rings. The van der Waals surface area contributed by atoms with E-state index < -0.39 is 0 Å². The molecule has 0 saturated carbocycles. The van der Waals surface area contributed by atoms with Crippen molar-refractivity contribution >= 4 is 11.7 Å². The van der Waals surface area contributed by atoms with E-state index in [1.807, 2.05) is 38.1 Å². The van der Waals surface area contributed by atoms with E-state index in [0.717, 1.165) is 37.4 Å². The van der Waals surface area contributed by atoms with Crippen molar-refractivity contribution in [3.63, 3.8) is 0 Å². The molecule has 1 saturated heterocycles. The van der Waals surface area contributed by atoms with Crippen molar-refractivity contribution in [1.29, 1.82) is 0 Å². The van der Waals surface area contributed by atoms with E-state index in [-0.39, 0.29) is 18.1 Å². The van der Waals surface area contributed by atoms with Crippen molar-refractivity contribution in [2.24, 2.45) is 0 Å². The van der Waals surface area contributed by atoms with Crippen LogP contribution in [0.4, 0.5) is 5.82 Å². The Hall–Kier alpha value is -2.54. The highest BCUT2D eigenvalue weighted by Gasteiger charge is 2.28. The Kier molecular flexibility index (Phi) is 6.34. The predicted octanol–water partition coefficient (Wildman–Crippen LogP) is 3.25. The molecular weight excluding hydrogens is 346 g/mol. The number of nitrogens with zero attached hydrogens (tertiary/aromatic N) is 2. The number of hydrogen-bond acceptors (Lipinski definition) is 6. The van der Waals surface area contributed by atoms with Crippen molar-refractivity contribution in [2.75, 3.05) is 25.0 Å². The van der Waals surface area contributed by atoms with Crippen LogP contribution < -0.4 is 14.8 Å². The highest BCUT2D eigenvalue weighted by molar-refractivity contribution is 5.93. The zero-order chi connectivity index (χ0) is 19.2. The molecule has 1 aliphatic heterocycles. The third-order valence-electron chi connectivity index (χ3n) is 4.73. The summed E-state index contributed by atoms with van der Waals surface area (Å²) in [7, 11) is 0. The normalized spacial score (nSPS) is 16.7. The van der Waals surface area contributed by atoms with Gasteiger partial charge < -0.3 is 19.3 Å². The van der Waals surface area contributed by atoms with Gasteiger partial charge in [-0.3, -0.25) is 9.69 Å². The third-order valence-corrected chi connectivity index (χ3v) is 4.73. The Labute approximate surface area is 159 Å². The molecule has 0 aliphatic carbocycles. The lowest BCUT2D eigenvalue weighted by atomic mass is 10.1. The van der Waals surface area contributed by atoms with Crippen LogP contribution in [0, 0.1) is 6.92 Å². The summed E-state index contributed by atoms with van der Waals surface area (Å²) in [6, 6.07) is 9.22. The van der Waals surface area contributed by atoms with Crippen molar-refractivity contribution in [1.82, 2.24) is 10.1 Å². The first kappa shape index (κ1) is 19.2. The third kappa shape index (κ3) is 5.01. The summed E-state index contributed by atoms with van der Waals surface area (Å²) in [6.45, 7) is 7.87. The minimum Gasteiger partial charge on any atom is -0.490 e. The number of carbonyl (C=O) groups is 1. The van der Waals surface area contributed by atoms with E-state index in [4.69, 9.17) is 14.0 Å². The van der Waals surface area contributed by atoms with Crippen LogP contribution in [-0.4, -0.2) is 47.8 Å². The number of carbonyl (C=O) groups excluding carboxylic acids is 1. The summed E-state index contributed by atoms with van der Waals surface area (Å²) in [4.78, 5) is 14.6. The van der Waals surface area contributed by atoms with Crippen LogP contribution in [-0.2, 0) is 4.79 Å². The molecule has 3 rings (SSSR count). The molecule has 0 spiro atoms. The monoisotopic (exact) mass is 373 g/mol. The van der Waals surface area contributed by atoms with Crippen LogP contribution in [0.1, 0.15) is 32.4 Å². The van der Waals surface area contributed by atoms with Crippen LogP contribution in [0.2, 0.25) is 0 Å². The van der Waals surface area contributed by atoms with Gasteiger partial charge in [-0.2, -0.15) is 0 Å². The maximum Gasteiger partial charge on any atom is 0.242 e. The molecule has 146 valence electrons. The number of anilines is 1. The average molecular weight is 373 g/mol. The number of piperidine rings is 1. The summed E-state index contributed by atoms with van der Waals surface area (Å²) >= 11 is 0. The molecule has 1 aromatic heterocycles. The number of para-hydroxylation sites is 2. The SMILES string of the molecule is CCOc1ccccc1OC1CCN(C(C)C(=O)Nc2cc(C)on2)CC1. The van der Waals surface area contributed by atoms with Gasteiger partial charge in [-0.15, -0.1) is 0 Å². The average Bonchev–Trinajstić information content (AvgIpc) is 3.08. The highest BCUT2D eigenvalue weighted by Crippen LogP contribution is 2.29. The number of benzene rings is 1. The fourth-order valence-electron chi connectivity index (χ4n) is 3.20. The van der Waals surface area contributed by atoms with Gasteiger partial charge in [0.05, 0.1) is 12.6 Å². The van der Waals surface area contributed by atoms with Gasteiger partial charge in [0.15, 0.2) is 17.3 Å². The van der Waals surface area contributed by atoms with Crippen LogP contribution in [0.15, 0.2) is 34.9 Å². The van der Waals surface area contributed by atoms with Gasteiger partial charge in [0.1, 0.15) is 11.9 Å². The molecule has 1 aromatic carbocycles. The fraction of sp³-hybridized carbons (Fsp3) is 0.500. The molecule has 27 heavy (non-hydrogen) atoms. The van der Waals surface area contributed by atoms with Crippen molar-refractivity contribution < 1.29 is 18.8 Å². The second-order valence-corrected chi connectivity index (χ2v) is 6.72. The van der Waals surface area contributed by atoms with Gasteiger partial charge in [0.25, 0.3) is 0 Å². The van der Waals surface area contributed by atoms with Gasteiger partial charge in [-0.05, 0) is 45.7 Å². The molecule has 0 radical (unpaired) electrons. The molecule has 0 bridgehead atoms. The molecule has 7 nitrogen and oxygen atoms in total. The lowest BCUT2D eigenvalue weighted by Crippen LogP contribution is -2.47. The Morgan fingerprint density at radius 3 is 2.67 bits per heavy atom. The topological polar surface area (TPSA) is 76.8 Å². The highest BCUT2D eigenvalue weighted by atomic mass is 16.5. The molecule has 1 amide bonds. The lowest BCUT2D eigenvalue weighted by Gasteiger charge is -2.35. The molecule has 1 unspecified atom stereocenters. The van der Waals surface area contributed by atoms with E-state index in [1.54, 1.807) is 13.0 Å². The quantitative estimate of drug-likeness (QED) is 0.803. The van der Waals surface area contributed by atoms with Gasteiger partial charge >= 0.3 is 0 Å². The standard InChI is InChI=1S/C20H27N3O4/c1-4-25-17-7-5-6-8-18(17)26-16-9-11-23(12-10-16)15(3)20(24)21-19-13-14(2)27-22-19/h5-8,13,15-16H,4,9-12H2,1-3H3,(H,21,22,24). The first-order valence-corrected chi connectivity index (χ1v) is 9.43. The maximum absolute atomic E-state index is 12.4. The number of ether oxygens (including phenoxy) is 2. The Morgan fingerprint density at radius 2 is 2.04 bits per heavy atom. The molecule has 2 aromatic rings. The zero-order valence-electron chi connectivity index (χ0n) is 16.1. The first-order valence-electron chi connectivity index (χ1n) is 9.43. The molecule has 7 heteroatoms. The lowest BCUT2D eigenvalue weighted by molar-refractivity contribution is -0.121. The van der Waals surface area contributed by atoms with Gasteiger partial charge in [-0.1, -0.05) is 17.3 Å². The Bertz CT molecular complexity index is 753. The predicted molar refractivity (Wildman–Crippen MR) is 102 cm³/mol. The van der Waals surface area contributed by atoms with E-state index >= 15 is 0 Å². The van der Waals surface area contributed by atoms with Gasteiger partial charge in [-0.25, -0.2) is 0 Å². The zero-order valence-corrected chi connectivity index (χ0v) is 16.1. The number of amides is 1. The largest absolute Gasteiger partial charge is 0.490 e. The first-order chi connectivity index (χ1) is 13.1. The number of nitrogens with one attached hydrogen (secondary N) is 1. The van der Waals surface area contributed by atoms with Crippen molar-refractivity contribution in [3.8, 4) is 11.5 Å². The number of aryl methyl sites for hydroxylation is 1.